The normalized spacial score (nSPS) is 10.2. The molecule has 1 rings (SSSR count). The van der Waals surface area contributed by atoms with Crippen LogP contribution in [0.3, 0.4) is 0 Å². The number of nitrogen functional groups attached to an aromatic ring is 1. The molecule has 0 saturated carbocycles. The Morgan fingerprint density at radius 1 is 1.80 bits per heavy atom. The highest BCUT2D eigenvalue weighted by Crippen LogP contribution is 2.09. The van der Waals surface area contributed by atoms with Crippen molar-refractivity contribution in [3.63, 3.8) is 0 Å². The van der Waals surface area contributed by atoms with Gasteiger partial charge in [0, 0.05) is 7.05 Å². The van der Waals surface area contributed by atoms with Crippen LogP contribution in [0.5, 0.6) is 0 Å². The molecule has 0 atom stereocenters. The number of aromatic nitrogens is 2. The first-order valence-electron chi connectivity index (χ1n) is 3.00. The van der Waals surface area contributed by atoms with Crippen molar-refractivity contribution in [3.8, 4) is 0 Å². The molecule has 1 aromatic rings. The lowest BCUT2D eigenvalue weighted by Crippen LogP contribution is -1.99. The van der Waals surface area contributed by atoms with E-state index in [1.807, 2.05) is 17.9 Å². The molecule has 0 fully saturated rings. The molecule has 0 saturated heterocycles. The maximum atomic E-state index is 5.56. The summed E-state index contributed by atoms with van der Waals surface area (Å²) in [6.45, 7) is 0. The minimum absolute atomic E-state index is 0.726. The van der Waals surface area contributed by atoms with Crippen molar-refractivity contribution >= 4 is 17.6 Å². The Bertz CT molecular complexity index is 219. The molecule has 0 radical (unpaired) electrons. The highest BCUT2D eigenvalue weighted by atomic mass is 32.2. The van der Waals surface area contributed by atoms with Gasteiger partial charge in [0.1, 0.15) is 11.6 Å². The third-order valence-electron chi connectivity index (χ3n) is 1.39. The second-order valence-corrected chi connectivity index (χ2v) is 2.96. The van der Waals surface area contributed by atoms with Gasteiger partial charge in [-0.25, -0.2) is 4.98 Å². The van der Waals surface area contributed by atoms with Crippen molar-refractivity contribution in [3.05, 3.63) is 12.0 Å². The molecule has 1 heterocycles. The number of imidazole rings is 1. The topological polar surface area (TPSA) is 43.8 Å². The van der Waals surface area contributed by atoms with E-state index in [1.165, 1.54) is 0 Å². The predicted octanol–water partition coefficient (Wildman–Crippen LogP) is 0.865. The third-order valence-corrected chi connectivity index (χ3v) is 1.94. The zero-order valence-corrected chi connectivity index (χ0v) is 6.98. The van der Waals surface area contributed by atoms with Crippen LogP contribution in [0, 0.1) is 0 Å². The van der Waals surface area contributed by atoms with Gasteiger partial charge in [-0.2, -0.15) is 11.8 Å². The van der Waals surface area contributed by atoms with Crippen molar-refractivity contribution in [2.24, 2.45) is 7.05 Å². The van der Waals surface area contributed by atoms with Gasteiger partial charge in [-0.05, 0) is 6.26 Å². The maximum Gasteiger partial charge on any atom is 0.123 e. The number of rotatable bonds is 2. The Kier molecular flexibility index (Phi) is 2.21. The van der Waals surface area contributed by atoms with E-state index in [1.54, 1.807) is 18.0 Å². The van der Waals surface area contributed by atoms with Crippen LogP contribution >= 0.6 is 11.8 Å². The van der Waals surface area contributed by atoms with Gasteiger partial charge >= 0.3 is 0 Å². The Morgan fingerprint density at radius 2 is 2.50 bits per heavy atom. The van der Waals surface area contributed by atoms with Crippen molar-refractivity contribution in [1.29, 1.82) is 0 Å². The summed E-state index contributed by atoms with van der Waals surface area (Å²) in [5.74, 6) is 2.68. The molecule has 3 nitrogen and oxygen atoms in total. The van der Waals surface area contributed by atoms with Crippen LogP contribution in [0.15, 0.2) is 6.20 Å². The van der Waals surface area contributed by atoms with Crippen molar-refractivity contribution in [2.45, 2.75) is 5.75 Å². The van der Waals surface area contributed by atoms with E-state index in [0.29, 0.717) is 0 Å². The summed E-state index contributed by atoms with van der Waals surface area (Å²) < 4.78 is 1.90. The lowest BCUT2D eigenvalue weighted by molar-refractivity contribution is 0.859. The molecule has 0 aliphatic heterocycles. The average molecular weight is 157 g/mol. The van der Waals surface area contributed by atoms with E-state index in [0.717, 1.165) is 17.4 Å². The molecule has 0 amide bonds. The molecule has 0 aliphatic carbocycles. The van der Waals surface area contributed by atoms with Crippen LogP contribution in [-0.4, -0.2) is 15.8 Å². The summed E-state index contributed by atoms with van der Waals surface area (Å²) >= 11 is 1.74. The minimum Gasteiger partial charge on any atom is -0.384 e. The highest BCUT2D eigenvalue weighted by molar-refractivity contribution is 7.97. The van der Waals surface area contributed by atoms with Gasteiger partial charge < -0.3 is 10.3 Å². The molecular weight excluding hydrogens is 146 g/mol. The van der Waals surface area contributed by atoms with Gasteiger partial charge in [-0.15, -0.1) is 0 Å². The van der Waals surface area contributed by atoms with Crippen molar-refractivity contribution in [2.75, 3.05) is 12.0 Å². The summed E-state index contributed by atoms with van der Waals surface area (Å²) in [4.78, 5) is 4.12. The Hall–Kier alpha value is -0.640. The Balaban J connectivity index is 2.83. The molecule has 10 heavy (non-hydrogen) atoms. The van der Waals surface area contributed by atoms with Crippen LogP contribution in [0.1, 0.15) is 5.82 Å². The zero-order valence-electron chi connectivity index (χ0n) is 6.16. The second-order valence-electron chi connectivity index (χ2n) is 2.09. The van der Waals surface area contributed by atoms with Crippen LogP contribution in [0.25, 0.3) is 0 Å². The van der Waals surface area contributed by atoms with E-state index in [-0.39, 0.29) is 0 Å². The number of hydrogen-bond donors (Lipinski definition) is 1. The average Bonchev–Trinajstić information content (AvgIpc) is 2.20. The lowest BCUT2D eigenvalue weighted by Gasteiger charge is -1.99. The summed E-state index contributed by atoms with van der Waals surface area (Å²) in [5.41, 5.74) is 5.56. The summed E-state index contributed by atoms with van der Waals surface area (Å²) in [5, 5.41) is 0. The number of nitrogens with two attached hydrogens (primary N) is 1. The second kappa shape index (κ2) is 2.96. The van der Waals surface area contributed by atoms with E-state index >= 15 is 0 Å². The molecule has 1 aromatic heterocycles. The Labute approximate surface area is 64.6 Å². The number of thioether (sulfide) groups is 1. The summed E-state index contributed by atoms with van der Waals surface area (Å²) in [6, 6.07) is 0. The van der Waals surface area contributed by atoms with E-state index in [2.05, 4.69) is 4.98 Å². The molecule has 0 unspecified atom stereocenters. The standard InChI is InChI=1S/C6H11N3S/c1-9-5(7)3-8-6(9)4-10-2/h3H,4,7H2,1-2H3. The van der Waals surface area contributed by atoms with Crippen molar-refractivity contribution in [1.82, 2.24) is 9.55 Å². The zero-order chi connectivity index (χ0) is 7.56. The predicted molar refractivity (Wildman–Crippen MR) is 44.8 cm³/mol. The number of nitrogens with zero attached hydrogens (tertiary/aromatic N) is 2. The smallest absolute Gasteiger partial charge is 0.123 e. The fourth-order valence-electron chi connectivity index (χ4n) is 0.726. The molecule has 0 aliphatic rings. The van der Waals surface area contributed by atoms with Gasteiger partial charge in [0.2, 0.25) is 0 Å². The van der Waals surface area contributed by atoms with E-state index in [4.69, 9.17) is 5.73 Å². The summed E-state index contributed by atoms with van der Waals surface area (Å²) in [6.07, 6.45) is 3.73. The van der Waals surface area contributed by atoms with Crippen LogP contribution in [0.4, 0.5) is 5.82 Å². The lowest BCUT2D eigenvalue weighted by atomic mass is 10.7. The summed E-state index contributed by atoms with van der Waals surface area (Å²) in [7, 11) is 1.92. The minimum atomic E-state index is 0.726. The maximum absolute atomic E-state index is 5.56. The van der Waals surface area contributed by atoms with Gasteiger partial charge in [0.15, 0.2) is 0 Å². The molecular formula is C6H11N3S. The molecule has 2 N–H and O–H groups in total. The first-order chi connectivity index (χ1) is 4.75. The van der Waals surface area contributed by atoms with Gasteiger partial charge in [0.25, 0.3) is 0 Å². The van der Waals surface area contributed by atoms with Gasteiger partial charge in [0.05, 0.1) is 11.9 Å². The van der Waals surface area contributed by atoms with Crippen molar-refractivity contribution < 1.29 is 0 Å². The van der Waals surface area contributed by atoms with E-state index < -0.39 is 0 Å². The monoisotopic (exact) mass is 157 g/mol. The number of anilines is 1. The third kappa shape index (κ3) is 1.26. The first-order valence-corrected chi connectivity index (χ1v) is 4.40. The molecule has 0 spiro atoms. The number of hydrogen-bond acceptors (Lipinski definition) is 3. The largest absolute Gasteiger partial charge is 0.384 e. The molecule has 0 bridgehead atoms. The molecule has 4 heteroatoms. The fraction of sp³-hybridized carbons (Fsp3) is 0.500. The van der Waals surface area contributed by atoms with Crippen LogP contribution in [-0.2, 0) is 12.8 Å². The first kappa shape index (κ1) is 7.47. The fourth-order valence-corrected chi connectivity index (χ4v) is 1.25. The van der Waals surface area contributed by atoms with Crippen LogP contribution in [0.2, 0.25) is 0 Å². The highest BCUT2D eigenvalue weighted by Gasteiger charge is 2.00. The Morgan fingerprint density at radius 3 is 2.90 bits per heavy atom. The van der Waals surface area contributed by atoms with Crippen LogP contribution < -0.4 is 5.73 Å². The molecule has 56 valence electrons. The quantitative estimate of drug-likeness (QED) is 0.692. The van der Waals surface area contributed by atoms with Gasteiger partial charge in [-0.3, -0.25) is 0 Å². The van der Waals surface area contributed by atoms with Gasteiger partial charge in [-0.1, -0.05) is 0 Å². The molecule has 0 aromatic carbocycles. The SMILES string of the molecule is CSCc1ncc(N)n1C. The van der Waals surface area contributed by atoms with E-state index in [9.17, 15) is 0 Å².